The zero-order valence-electron chi connectivity index (χ0n) is 16.9. The summed E-state index contributed by atoms with van der Waals surface area (Å²) in [5, 5.41) is 2.88. The van der Waals surface area contributed by atoms with Crippen molar-refractivity contribution in [3.8, 4) is 0 Å². The number of carbonyl (C=O) groups is 1. The van der Waals surface area contributed by atoms with Gasteiger partial charge in [0.25, 0.3) is 5.91 Å². The van der Waals surface area contributed by atoms with Gasteiger partial charge in [-0.3, -0.25) is 9.69 Å². The molecule has 0 saturated heterocycles. The maximum atomic E-state index is 14.2. The SMILES string of the molecule is CC(C)CNC(=O)c1ccc(CN(Cc2ccccc2F)C2CCCCC2)o1. The van der Waals surface area contributed by atoms with E-state index in [1.54, 1.807) is 12.1 Å². The van der Waals surface area contributed by atoms with E-state index in [0.29, 0.717) is 42.9 Å². The molecule has 3 rings (SSSR count). The van der Waals surface area contributed by atoms with Crippen LogP contribution in [0.15, 0.2) is 40.8 Å². The maximum absolute atomic E-state index is 14.2. The topological polar surface area (TPSA) is 45.5 Å². The first-order chi connectivity index (χ1) is 13.5. The standard InChI is InChI=1S/C23H31FN2O2/c1-17(2)14-25-23(27)22-13-12-20(28-22)16-26(19-9-4-3-5-10-19)15-18-8-6-7-11-21(18)24/h6-8,11-13,17,19H,3-5,9-10,14-16H2,1-2H3,(H,25,27). The molecule has 5 heteroatoms. The summed E-state index contributed by atoms with van der Waals surface area (Å²) in [6, 6.07) is 11.0. The molecule has 1 N–H and O–H groups in total. The maximum Gasteiger partial charge on any atom is 0.287 e. The average Bonchev–Trinajstić information content (AvgIpc) is 3.16. The average molecular weight is 387 g/mol. The van der Waals surface area contributed by atoms with Crippen LogP contribution < -0.4 is 5.32 Å². The summed E-state index contributed by atoms with van der Waals surface area (Å²) in [7, 11) is 0. The fourth-order valence-electron chi connectivity index (χ4n) is 3.77. The molecule has 1 amide bonds. The van der Waals surface area contributed by atoms with Crippen molar-refractivity contribution in [1.29, 1.82) is 0 Å². The molecule has 1 aliphatic carbocycles. The van der Waals surface area contributed by atoms with Crippen LogP contribution in [0, 0.1) is 11.7 Å². The van der Waals surface area contributed by atoms with Crippen LogP contribution in [0.1, 0.15) is 67.8 Å². The summed E-state index contributed by atoms with van der Waals surface area (Å²) in [5.41, 5.74) is 0.703. The summed E-state index contributed by atoms with van der Waals surface area (Å²) < 4.78 is 20.0. The highest BCUT2D eigenvalue weighted by Crippen LogP contribution is 2.26. The van der Waals surface area contributed by atoms with Crippen LogP contribution in [0.2, 0.25) is 0 Å². The number of benzene rings is 1. The van der Waals surface area contributed by atoms with E-state index in [2.05, 4.69) is 24.1 Å². The van der Waals surface area contributed by atoms with Gasteiger partial charge in [-0.05, 0) is 37.0 Å². The van der Waals surface area contributed by atoms with Gasteiger partial charge < -0.3 is 9.73 Å². The van der Waals surface area contributed by atoms with Gasteiger partial charge >= 0.3 is 0 Å². The molecule has 1 heterocycles. The molecule has 1 saturated carbocycles. The van der Waals surface area contributed by atoms with Gasteiger partial charge in [0, 0.05) is 24.7 Å². The number of amides is 1. The third-order valence-corrected chi connectivity index (χ3v) is 5.34. The minimum absolute atomic E-state index is 0.170. The Morgan fingerprint density at radius 3 is 2.61 bits per heavy atom. The number of carbonyl (C=O) groups excluding carboxylic acids is 1. The molecule has 0 bridgehead atoms. The van der Waals surface area contributed by atoms with Crippen molar-refractivity contribution in [2.24, 2.45) is 5.92 Å². The first kappa shape index (κ1) is 20.6. The minimum atomic E-state index is -0.182. The molecule has 2 aromatic rings. The monoisotopic (exact) mass is 386 g/mol. The lowest BCUT2D eigenvalue weighted by atomic mass is 9.93. The Hall–Kier alpha value is -2.14. The Kier molecular flexibility index (Phi) is 7.26. The summed E-state index contributed by atoms with van der Waals surface area (Å²) in [6.45, 7) is 5.86. The first-order valence-electron chi connectivity index (χ1n) is 10.4. The largest absolute Gasteiger partial charge is 0.455 e. The molecule has 0 aliphatic heterocycles. The highest BCUT2D eigenvalue weighted by Gasteiger charge is 2.24. The van der Waals surface area contributed by atoms with Gasteiger partial charge in [0.2, 0.25) is 0 Å². The number of nitrogens with zero attached hydrogens (tertiary/aromatic N) is 1. The molecule has 1 fully saturated rings. The van der Waals surface area contributed by atoms with Gasteiger partial charge in [-0.15, -0.1) is 0 Å². The van der Waals surface area contributed by atoms with Crippen LogP contribution in [0.25, 0.3) is 0 Å². The van der Waals surface area contributed by atoms with E-state index in [0.717, 1.165) is 18.6 Å². The van der Waals surface area contributed by atoms with E-state index in [1.807, 2.05) is 18.2 Å². The second-order valence-corrected chi connectivity index (χ2v) is 8.16. The normalized spacial score (nSPS) is 15.3. The quantitative estimate of drug-likeness (QED) is 0.683. The lowest BCUT2D eigenvalue weighted by Crippen LogP contribution is -2.36. The molecule has 4 nitrogen and oxygen atoms in total. The number of hydrogen-bond acceptors (Lipinski definition) is 3. The lowest BCUT2D eigenvalue weighted by molar-refractivity contribution is 0.0911. The highest BCUT2D eigenvalue weighted by atomic mass is 19.1. The fraction of sp³-hybridized carbons (Fsp3) is 0.522. The summed E-state index contributed by atoms with van der Waals surface area (Å²) in [6.07, 6.45) is 5.93. The van der Waals surface area contributed by atoms with Crippen molar-refractivity contribution in [3.63, 3.8) is 0 Å². The second kappa shape index (κ2) is 9.87. The Labute approximate surface area is 167 Å². The van der Waals surface area contributed by atoms with Gasteiger partial charge in [0.1, 0.15) is 11.6 Å². The predicted molar refractivity (Wildman–Crippen MR) is 108 cm³/mol. The lowest BCUT2D eigenvalue weighted by Gasteiger charge is -2.34. The molecule has 1 aromatic heterocycles. The van der Waals surface area contributed by atoms with E-state index in [4.69, 9.17) is 4.42 Å². The van der Waals surface area contributed by atoms with Crippen molar-refractivity contribution in [2.75, 3.05) is 6.54 Å². The summed E-state index contributed by atoms with van der Waals surface area (Å²) in [4.78, 5) is 14.5. The van der Waals surface area contributed by atoms with Crippen LogP contribution >= 0.6 is 0 Å². The number of nitrogens with one attached hydrogen (secondary N) is 1. The Morgan fingerprint density at radius 2 is 1.89 bits per heavy atom. The minimum Gasteiger partial charge on any atom is -0.455 e. The van der Waals surface area contributed by atoms with Crippen LogP contribution in [0.3, 0.4) is 0 Å². The molecule has 1 aromatic carbocycles. The molecular formula is C23H31FN2O2. The summed E-state index contributed by atoms with van der Waals surface area (Å²) >= 11 is 0. The van der Waals surface area contributed by atoms with E-state index in [9.17, 15) is 9.18 Å². The zero-order chi connectivity index (χ0) is 19.9. The Bertz CT molecular complexity index is 765. The molecule has 28 heavy (non-hydrogen) atoms. The van der Waals surface area contributed by atoms with Gasteiger partial charge in [0.05, 0.1) is 6.54 Å². The number of furan rings is 1. The third kappa shape index (κ3) is 5.68. The third-order valence-electron chi connectivity index (χ3n) is 5.34. The van der Waals surface area contributed by atoms with Crippen molar-refractivity contribution in [3.05, 3.63) is 59.3 Å². The second-order valence-electron chi connectivity index (χ2n) is 8.16. The van der Waals surface area contributed by atoms with Crippen LogP contribution in [-0.2, 0) is 13.1 Å². The van der Waals surface area contributed by atoms with Crippen molar-refractivity contribution in [1.82, 2.24) is 10.2 Å². The first-order valence-corrected chi connectivity index (χ1v) is 10.4. The van der Waals surface area contributed by atoms with E-state index < -0.39 is 0 Å². The predicted octanol–water partition coefficient (Wildman–Crippen LogP) is 5.14. The molecule has 1 aliphatic rings. The highest BCUT2D eigenvalue weighted by molar-refractivity contribution is 5.91. The summed E-state index contributed by atoms with van der Waals surface area (Å²) in [5.74, 6) is 1.12. The molecule has 152 valence electrons. The number of rotatable bonds is 8. The Balaban J connectivity index is 1.70. The van der Waals surface area contributed by atoms with Gasteiger partial charge in [-0.25, -0.2) is 4.39 Å². The van der Waals surface area contributed by atoms with E-state index in [1.165, 1.54) is 25.3 Å². The fourth-order valence-corrected chi connectivity index (χ4v) is 3.77. The zero-order valence-corrected chi connectivity index (χ0v) is 16.9. The van der Waals surface area contributed by atoms with Crippen LogP contribution in [0.4, 0.5) is 4.39 Å². The number of hydrogen-bond donors (Lipinski definition) is 1. The van der Waals surface area contributed by atoms with E-state index in [-0.39, 0.29) is 11.7 Å². The Morgan fingerprint density at radius 1 is 1.14 bits per heavy atom. The van der Waals surface area contributed by atoms with Gasteiger partial charge in [0.15, 0.2) is 5.76 Å². The van der Waals surface area contributed by atoms with Crippen molar-refractivity contribution < 1.29 is 13.6 Å². The van der Waals surface area contributed by atoms with Gasteiger partial charge in [-0.1, -0.05) is 51.3 Å². The van der Waals surface area contributed by atoms with Gasteiger partial charge in [-0.2, -0.15) is 0 Å². The van der Waals surface area contributed by atoms with Crippen LogP contribution in [-0.4, -0.2) is 23.4 Å². The van der Waals surface area contributed by atoms with Crippen molar-refractivity contribution >= 4 is 5.91 Å². The molecule has 0 radical (unpaired) electrons. The molecule has 0 unspecified atom stereocenters. The van der Waals surface area contributed by atoms with Crippen molar-refractivity contribution in [2.45, 2.75) is 65.1 Å². The number of halogens is 1. The smallest absolute Gasteiger partial charge is 0.287 e. The molecular weight excluding hydrogens is 355 g/mol. The van der Waals surface area contributed by atoms with Crippen LogP contribution in [0.5, 0.6) is 0 Å². The molecule has 0 atom stereocenters. The van der Waals surface area contributed by atoms with E-state index >= 15 is 0 Å². The molecule has 0 spiro atoms.